The van der Waals surface area contributed by atoms with E-state index in [1.165, 1.54) is 12.5 Å². The molecule has 4 aliphatic carbocycles. The van der Waals surface area contributed by atoms with Gasteiger partial charge in [0, 0.05) is 199 Å². The Hall–Kier alpha value is -13.5. The van der Waals surface area contributed by atoms with Crippen LogP contribution in [0.2, 0.25) is 0 Å². The minimum absolute atomic E-state index is 0.0105. The first-order valence-corrected chi connectivity index (χ1v) is 46.3. The van der Waals surface area contributed by atoms with Gasteiger partial charge in [-0.25, -0.2) is 29.6 Å². The first-order valence-electron chi connectivity index (χ1n) is 46.3. The van der Waals surface area contributed by atoms with Crippen molar-refractivity contribution in [1.29, 1.82) is 0 Å². The zero-order chi connectivity index (χ0) is 91.5. The van der Waals surface area contributed by atoms with Crippen LogP contribution >= 0.6 is 0 Å². The van der Waals surface area contributed by atoms with Gasteiger partial charge in [-0.1, -0.05) is 0 Å². The smallest absolute Gasteiger partial charge is 0.333 e. The quantitative estimate of drug-likeness (QED) is 0.0462. The number of fused-ring (bicyclic) bond motifs is 4. The standard InChI is InChI=1S/C26H29N7O3.C23H26F2N6O3.2C23H28N6O3/c1-17-21(26-32-29-16-35-26)6-7-24(30-17)31-18-2-4-20(5-3-18)36-23-15-19(33-10-12-34-13-11-33)14-22-25(23)28-9-8-27-22;24-23(25)31-8-5-18(29-31)22(32)28-15-1-3-17(4-2-15)34-20-14-16(30-9-11-33-12-10-30)13-19-21(20)27-7-6-26-19;1-28-9-6-19(27-28)23(30)26-16-2-4-18(5-3-16)32-21-15-17(29-10-12-31-13-11-29)14-20-22(21)25-8-7-24-20;1-30-22-7-6-21(27-28-22)26-16-2-4-18(5-3-16)32-20-15-17(29-10-12-31-13-11-29)14-19-23(20)25-9-8-24-19/h6-9,14-16,18,20H,2-5,10-13H2,1H3,(H,30,31);5-8,13-15,17,23H,1-4,9-12H2,(H,28,32);6-9,14-16,18H,2-5,10-13H2,1H3,(H,26,30);6-9,14-16,18H,2-5,10-13H2,1H3,(H,26,27). The zero-order valence-corrected chi connectivity index (χ0v) is 75.3. The maximum absolute atomic E-state index is 12.7. The maximum atomic E-state index is 12.7. The molecule has 37 nitrogen and oxygen atoms in total. The first kappa shape index (κ1) is 91.0. The van der Waals surface area contributed by atoms with Gasteiger partial charge in [0.05, 0.1) is 118 Å². The van der Waals surface area contributed by atoms with E-state index >= 15 is 0 Å². The summed E-state index contributed by atoms with van der Waals surface area (Å²) in [7, 11) is 3.39. The molecule has 9 aromatic heterocycles. The summed E-state index contributed by atoms with van der Waals surface area (Å²) in [4.78, 5) is 74.8. The number of aromatic nitrogens is 17. The van der Waals surface area contributed by atoms with Crippen LogP contribution in [-0.2, 0) is 26.0 Å². The molecule has 0 bridgehead atoms. The van der Waals surface area contributed by atoms with E-state index in [4.69, 9.17) is 52.0 Å². The first-order chi connectivity index (χ1) is 65.7. The Bertz CT molecular complexity index is 6030. The average molecular weight is 1830 g/mol. The van der Waals surface area contributed by atoms with E-state index in [-0.39, 0.29) is 48.1 Å². The van der Waals surface area contributed by atoms with Gasteiger partial charge in [-0.05, 0) is 164 Å². The van der Waals surface area contributed by atoms with E-state index in [9.17, 15) is 18.4 Å². The van der Waals surface area contributed by atoms with Gasteiger partial charge in [-0.2, -0.15) is 19.0 Å². The second-order valence-electron chi connectivity index (χ2n) is 34.3. The Morgan fingerprint density at radius 2 is 0.769 bits per heavy atom. The summed E-state index contributed by atoms with van der Waals surface area (Å²) in [5.41, 5.74) is 13.0. The number of methoxy groups -OCH3 is 1. The Kier molecular flexibility index (Phi) is 29.8. The van der Waals surface area contributed by atoms with Crippen molar-refractivity contribution < 1.29 is 65.4 Å². The maximum Gasteiger partial charge on any atom is 0.333 e. The summed E-state index contributed by atoms with van der Waals surface area (Å²) in [5, 5.41) is 36.8. The molecule has 13 heterocycles. The number of amides is 2. The number of rotatable bonds is 23. The van der Waals surface area contributed by atoms with Crippen LogP contribution in [0.5, 0.6) is 28.9 Å². The molecule has 4 aromatic carbocycles. The van der Waals surface area contributed by atoms with Crippen molar-refractivity contribution in [3.05, 3.63) is 170 Å². The Balaban J connectivity index is 0.000000120. The highest BCUT2D eigenvalue weighted by Crippen LogP contribution is 2.40. The van der Waals surface area contributed by atoms with Crippen molar-refractivity contribution in [3.63, 3.8) is 0 Å². The van der Waals surface area contributed by atoms with E-state index in [0.29, 0.717) is 53.2 Å². The lowest BCUT2D eigenvalue weighted by atomic mass is 9.92. The van der Waals surface area contributed by atoms with Crippen LogP contribution in [0.15, 0.2) is 158 Å². The molecule has 702 valence electrons. The number of carbonyl (C=O) groups is 2. The summed E-state index contributed by atoms with van der Waals surface area (Å²) in [6, 6.07) is 28.1. The Morgan fingerprint density at radius 3 is 1.10 bits per heavy atom. The van der Waals surface area contributed by atoms with Gasteiger partial charge in [0.15, 0.2) is 0 Å². The van der Waals surface area contributed by atoms with E-state index in [2.05, 4.69) is 148 Å². The lowest BCUT2D eigenvalue weighted by molar-refractivity contribution is 0.0558. The molecule has 13 aromatic rings. The third kappa shape index (κ3) is 23.4. The fraction of sp³-hybridized carbons (Fsp3) is 0.463. The van der Waals surface area contributed by atoms with Crippen LogP contribution in [0.25, 0.3) is 55.6 Å². The number of carbonyl (C=O) groups excluding carboxylic acids is 2. The number of nitrogens with one attached hydrogen (secondary N) is 4. The number of anilines is 6. The van der Waals surface area contributed by atoms with E-state index < -0.39 is 12.5 Å². The molecular weight excluding hydrogens is 1720 g/mol. The SMILES string of the molecule is COc1ccc(NC2CCC(Oc3cc(N4CCOCC4)cc4nccnc34)CC2)nn1.Cc1nc(NC2CCC(Oc3cc(N4CCOCC4)cc4nccnc34)CC2)ccc1-c1nnco1.Cn1ccc(C(=O)NC2CCC(Oc3cc(N4CCOCC4)cc4nccnc34)CC2)n1.O=C(NC1CCC(Oc2cc(N3CCOCC3)cc3nccnc23)CC1)c1ccn(C(F)F)n1. The summed E-state index contributed by atoms with van der Waals surface area (Å²) >= 11 is 0. The molecule has 8 fully saturated rings. The number of hydrogen-bond acceptors (Lipinski definition) is 33. The van der Waals surface area contributed by atoms with Gasteiger partial charge in [0.2, 0.25) is 18.2 Å². The van der Waals surface area contributed by atoms with Gasteiger partial charge < -0.3 is 87.9 Å². The Morgan fingerprint density at radius 1 is 0.410 bits per heavy atom. The Labute approximate surface area is 772 Å². The van der Waals surface area contributed by atoms with E-state index in [1.54, 1.807) is 73.6 Å². The van der Waals surface area contributed by atoms with Crippen molar-refractivity contribution in [2.75, 3.05) is 143 Å². The molecular formula is C95H111F2N25O12. The van der Waals surface area contributed by atoms with Gasteiger partial charge in [-0.3, -0.25) is 34.2 Å². The second-order valence-corrected chi connectivity index (χ2v) is 34.3. The number of morpholine rings is 4. The fourth-order valence-corrected chi connectivity index (χ4v) is 18.2. The van der Waals surface area contributed by atoms with Gasteiger partial charge in [0.1, 0.15) is 68.1 Å². The molecule has 4 saturated carbocycles. The van der Waals surface area contributed by atoms with Crippen molar-refractivity contribution in [1.82, 2.24) is 95.4 Å². The molecule has 134 heavy (non-hydrogen) atoms. The highest BCUT2D eigenvalue weighted by molar-refractivity contribution is 5.93. The normalized spacial score (nSPS) is 21.1. The topological polar surface area (TPSA) is 395 Å². The molecule has 0 atom stereocenters. The zero-order valence-electron chi connectivity index (χ0n) is 75.3. The largest absolute Gasteiger partial charge is 0.488 e. The third-order valence-corrected chi connectivity index (χ3v) is 25.4. The third-order valence-electron chi connectivity index (χ3n) is 25.4. The number of pyridine rings is 1. The molecule has 4 aliphatic heterocycles. The monoisotopic (exact) mass is 1830 g/mol. The number of ether oxygens (including phenoxy) is 9. The van der Waals surface area contributed by atoms with E-state index in [0.717, 1.165) is 308 Å². The summed E-state index contributed by atoms with van der Waals surface area (Å²) < 4.78 is 85.7. The van der Waals surface area contributed by atoms with Crippen LogP contribution in [0.1, 0.15) is 136 Å². The average Bonchev–Trinajstić information content (AvgIpc) is 0.951. The minimum atomic E-state index is -2.77. The van der Waals surface area contributed by atoms with Crippen molar-refractivity contribution >= 4 is 90.3 Å². The predicted octanol–water partition coefficient (Wildman–Crippen LogP) is 12.6. The molecule has 39 heteroatoms. The van der Waals surface area contributed by atoms with Crippen molar-refractivity contribution in [2.24, 2.45) is 7.05 Å². The summed E-state index contributed by atoms with van der Waals surface area (Å²) in [6.45, 7) is 11.8. The lowest BCUT2D eigenvalue weighted by Gasteiger charge is -2.31. The van der Waals surface area contributed by atoms with Gasteiger partial charge in [-0.15, -0.1) is 20.4 Å². The molecule has 0 unspecified atom stereocenters. The number of benzene rings is 4. The molecule has 8 aliphatic rings. The van der Waals surface area contributed by atoms with E-state index in [1.807, 2.05) is 50.4 Å². The minimum Gasteiger partial charge on any atom is -0.488 e. The molecule has 4 N–H and O–H groups in total. The highest BCUT2D eigenvalue weighted by atomic mass is 19.3. The number of alkyl halides is 2. The van der Waals surface area contributed by atoms with Crippen LogP contribution in [0.3, 0.4) is 0 Å². The van der Waals surface area contributed by atoms with Crippen LogP contribution < -0.4 is 64.6 Å². The van der Waals surface area contributed by atoms with Crippen molar-refractivity contribution in [2.45, 2.75) is 165 Å². The van der Waals surface area contributed by atoms with Crippen LogP contribution in [0, 0.1) is 6.92 Å². The molecule has 4 saturated heterocycles. The summed E-state index contributed by atoms with van der Waals surface area (Å²) in [5.74, 6) is 5.19. The number of aryl methyl sites for hydroxylation is 2. The molecule has 2 amide bonds. The number of halogens is 2. The van der Waals surface area contributed by atoms with Crippen molar-refractivity contribution in [3.8, 4) is 40.3 Å². The highest BCUT2D eigenvalue weighted by Gasteiger charge is 2.32. The fourth-order valence-electron chi connectivity index (χ4n) is 18.2. The lowest BCUT2D eigenvalue weighted by Crippen LogP contribution is -2.40. The summed E-state index contributed by atoms with van der Waals surface area (Å²) in [6.07, 6.45) is 32.5. The van der Waals surface area contributed by atoms with Crippen LogP contribution in [-0.4, -0.2) is 258 Å². The molecule has 0 spiro atoms. The molecule has 0 radical (unpaired) electrons. The second kappa shape index (κ2) is 43.9. The van der Waals surface area contributed by atoms with Gasteiger partial charge in [0.25, 0.3) is 11.8 Å². The van der Waals surface area contributed by atoms with Gasteiger partial charge >= 0.3 is 6.55 Å². The number of hydrogen-bond donors (Lipinski definition) is 4. The number of nitrogens with zero attached hydrogens (tertiary/aromatic N) is 21. The predicted molar refractivity (Wildman–Crippen MR) is 497 cm³/mol. The molecule has 21 rings (SSSR count). The van der Waals surface area contributed by atoms with Crippen LogP contribution in [0.4, 0.5) is 43.2 Å².